The molecule has 7 heteroatoms. The minimum Gasteiger partial charge on any atom is -0.497 e. The molecule has 6 nitrogen and oxygen atoms in total. The molecule has 0 fully saturated rings. The standard InChI is InChI=1S/C19H33N3O3.HI/c1-4-25-13-5-11-20-19(21-14-16(2)10-12-23)22-15-17-6-8-18(24-3)9-7-17;/h6-9,16,23H,4-5,10-15H2,1-3H3,(H2,20,21,22);1H. The topological polar surface area (TPSA) is 75.1 Å². The van der Waals surface area contributed by atoms with E-state index in [-0.39, 0.29) is 30.6 Å². The summed E-state index contributed by atoms with van der Waals surface area (Å²) in [5, 5.41) is 15.7. The van der Waals surface area contributed by atoms with Gasteiger partial charge in [-0.15, -0.1) is 24.0 Å². The predicted octanol–water partition coefficient (Wildman–Crippen LogP) is 2.79. The predicted molar refractivity (Wildman–Crippen MR) is 118 cm³/mol. The SMILES string of the molecule is CCOCCCNC(=NCc1ccc(OC)cc1)NCC(C)CCO.I. The van der Waals surface area contributed by atoms with Crippen molar-refractivity contribution in [3.8, 4) is 5.75 Å². The number of halogens is 1. The van der Waals surface area contributed by atoms with Crippen LogP contribution in [0.15, 0.2) is 29.3 Å². The van der Waals surface area contributed by atoms with E-state index in [1.165, 1.54) is 0 Å². The van der Waals surface area contributed by atoms with Crippen molar-refractivity contribution in [2.75, 3.05) is 40.0 Å². The molecule has 1 atom stereocenters. The minimum absolute atomic E-state index is 0. The molecule has 0 amide bonds. The second-order valence-corrected chi connectivity index (χ2v) is 5.99. The number of ether oxygens (including phenoxy) is 2. The van der Waals surface area contributed by atoms with Crippen LogP contribution in [0.25, 0.3) is 0 Å². The third kappa shape index (κ3) is 11.5. The third-order valence-electron chi connectivity index (χ3n) is 3.78. The van der Waals surface area contributed by atoms with Crippen LogP contribution in [0.1, 0.15) is 32.3 Å². The van der Waals surface area contributed by atoms with Gasteiger partial charge in [-0.2, -0.15) is 0 Å². The molecule has 0 bridgehead atoms. The highest BCUT2D eigenvalue weighted by Crippen LogP contribution is 2.11. The zero-order valence-electron chi connectivity index (χ0n) is 16.2. The van der Waals surface area contributed by atoms with E-state index in [1.807, 2.05) is 31.2 Å². The number of methoxy groups -OCH3 is 1. The molecule has 0 spiro atoms. The molecule has 0 aliphatic carbocycles. The maximum atomic E-state index is 9.02. The van der Waals surface area contributed by atoms with Gasteiger partial charge in [0.15, 0.2) is 5.96 Å². The smallest absolute Gasteiger partial charge is 0.191 e. The first-order valence-electron chi connectivity index (χ1n) is 9.03. The van der Waals surface area contributed by atoms with Gasteiger partial charge in [-0.3, -0.25) is 0 Å². The maximum absolute atomic E-state index is 9.02. The molecule has 0 aliphatic rings. The second kappa shape index (κ2) is 16.1. The molecule has 26 heavy (non-hydrogen) atoms. The quantitative estimate of drug-likeness (QED) is 0.186. The summed E-state index contributed by atoms with van der Waals surface area (Å²) >= 11 is 0. The Labute approximate surface area is 174 Å². The van der Waals surface area contributed by atoms with Crippen molar-refractivity contribution in [2.24, 2.45) is 10.9 Å². The van der Waals surface area contributed by atoms with Crippen LogP contribution in [-0.2, 0) is 11.3 Å². The summed E-state index contributed by atoms with van der Waals surface area (Å²) < 4.78 is 10.5. The van der Waals surface area contributed by atoms with Crippen LogP contribution in [-0.4, -0.2) is 51.1 Å². The number of guanidine groups is 1. The molecular formula is C19H34IN3O3. The molecule has 1 unspecified atom stereocenters. The number of rotatable bonds is 12. The van der Waals surface area contributed by atoms with Gasteiger partial charge in [0.2, 0.25) is 0 Å². The molecule has 0 aromatic heterocycles. The van der Waals surface area contributed by atoms with Crippen molar-refractivity contribution >= 4 is 29.9 Å². The molecular weight excluding hydrogens is 445 g/mol. The Bertz CT molecular complexity index is 483. The van der Waals surface area contributed by atoms with E-state index >= 15 is 0 Å². The Morgan fingerprint density at radius 2 is 1.96 bits per heavy atom. The van der Waals surface area contributed by atoms with Crippen LogP contribution in [0, 0.1) is 5.92 Å². The van der Waals surface area contributed by atoms with Gasteiger partial charge >= 0.3 is 0 Å². The Morgan fingerprint density at radius 1 is 1.23 bits per heavy atom. The van der Waals surface area contributed by atoms with Crippen LogP contribution < -0.4 is 15.4 Å². The van der Waals surface area contributed by atoms with Gasteiger partial charge in [0, 0.05) is 32.9 Å². The number of hydrogen-bond acceptors (Lipinski definition) is 4. The molecule has 150 valence electrons. The highest BCUT2D eigenvalue weighted by molar-refractivity contribution is 14.0. The average Bonchev–Trinajstić information content (AvgIpc) is 2.63. The van der Waals surface area contributed by atoms with Gasteiger partial charge in [0.1, 0.15) is 5.75 Å². The fraction of sp³-hybridized carbons (Fsp3) is 0.632. The average molecular weight is 479 g/mol. The van der Waals surface area contributed by atoms with Gasteiger partial charge in [-0.1, -0.05) is 19.1 Å². The van der Waals surface area contributed by atoms with Crippen LogP contribution in [0.5, 0.6) is 5.75 Å². The van der Waals surface area contributed by atoms with Crippen LogP contribution >= 0.6 is 24.0 Å². The largest absolute Gasteiger partial charge is 0.497 e. The summed E-state index contributed by atoms with van der Waals surface area (Å²) in [5.74, 6) is 2.02. The van der Waals surface area contributed by atoms with Crippen molar-refractivity contribution in [1.82, 2.24) is 10.6 Å². The maximum Gasteiger partial charge on any atom is 0.191 e. The lowest BCUT2D eigenvalue weighted by molar-refractivity contribution is 0.145. The van der Waals surface area contributed by atoms with Crippen molar-refractivity contribution in [3.05, 3.63) is 29.8 Å². The summed E-state index contributed by atoms with van der Waals surface area (Å²) in [6.45, 7) is 8.00. The van der Waals surface area contributed by atoms with E-state index in [2.05, 4.69) is 22.5 Å². The van der Waals surface area contributed by atoms with Gasteiger partial charge in [-0.05, 0) is 43.4 Å². The lowest BCUT2D eigenvalue weighted by Gasteiger charge is -2.16. The zero-order valence-corrected chi connectivity index (χ0v) is 18.5. The summed E-state index contributed by atoms with van der Waals surface area (Å²) in [7, 11) is 1.66. The van der Waals surface area contributed by atoms with Gasteiger partial charge < -0.3 is 25.2 Å². The first-order valence-corrected chi connectivity index (χ1v) is 9.03. The summed E-state index contributed by atoms with van der Waals surface area (Å²) in [6, 6.07) is 7.92. The summed E-state index contributed by atoms with van der Waals surface area (Å²) in [5.41, 5.74) is 1.12. The number of nitrogens with one attached hydrogen (secondary N) is 2. The third-order valence-corrected chi connectivity index (χ3v) is 3.78. The Morgan fingerprint density at radius 3 is 2.58 bits per heavy atom. The van der Waals surface area contributed by atoms with E-state index in [9.17, 15) is 0 Å². The van der Waals surface area contributed by atoms with Crippen molar-refractivity contribution in [3.63, 3.8) is 0 Å². The highest BCUT2D eigenvalue weighted by atomic mass is 127. The first-order chi connectivity index (χ1) is 12.2. The minimum atomic E-state index is 0. The van der Waals surface area contributed by atoms with E-state index in [4.69, 9.17) is 14.6 Å². The fourth-order valence-corrected chi connectivity index (χ4v) is 2.19. The Hall–Kier alpha value is -1.06. The lowest BCUT2D eigenvalue weighted by atomic mass is 10.1. The molecule has 3 N–H and O–H groups in total. The van der Waals surface area contributed by atoms with E-state index < -0.39 is 0 Å². The zero-order chi connectivity index (χ0) is 18.3. The molecule has 0 radical (unpaired) electrons. The summed E-state index contributed by atoms with van der Waals surface area (Å²) in [4.78, 5) is 4.65. The van der Waals surface area contributed by atoms with Crippen molar-refractivity contribution in [1.29, 1.82) is 0 Å². The molecule has 0 saturated heterocycles. The number of hydrogen-bond donors (Lipinski definition) is 3. The molecule has 1 aromatic carbocycles. The van der Waals surface area contributed by atoms with E-state index in [0.29, 0.717) is 12.5 Å². The van der Waals surface area contributed by atoms with Crippen LogP contribution in [0.3, 0.4) is 0 Å². The Kier molecular flexibility index (Phi) is 15.5. The van der Waals surface area contributed by atoms with Crippen molar-refractivity contribution < 1.29 is 14.6 Å². The van der Waals surface area contributed by atoms with Crippen LogP contribution in [0.4, 0.5) is 0 Å². The van der Waals surface area contributed by atoms with Crippen LogP contribution in [0.2, 0.25) is 0 Å². The molecule has 0 aliphatic heterocycles. The number of aliphatic hydroxyl groups excluding tert-OH is 1. The first kappa shape index (κ1) is 24.9. The second-order valence-electron chi connectivity index (χ2n) is 5.99. The normalized spacial score (nSPS) is 12.2. The molecule has 1 aromatic rings. The highest BCUT2D eigenvalue weighted by Gasteiger charge is 2.04. The van der Waals surface area contributed by atoms with E-state index in [1.54, 1.807) is 7.11 Å². The Balaban J connectivity index is 0.00000625. The molecule has 0 heterocycles. The molecule has 1 rings (SSSR count). The number of nitrogens with zero attached hydrogens (tertiary/aromatic N) is 1. The molecule has 0 saturated carbocycles. The van der Waals surface area contributed by atoms with Crippen molar-refractivity contribution in [2.45, 2.75) is 33.2 Å². The fourth-order valence-electron chi connectivity index (χ4n) is 2.19. The summed E-state index contributed by atoms with van der Waals surface area (Å²) in [6.07, 6.45) is 1.71. The number of aliphatic hydroxyl groups is 1. The van der Waals surface area contributed by atoms with Gasteiger partial charge in [-0.25, -0.2) is 4.99 Å². The van der Waals surface area contributed by atoms with Gasteiger partial charge in [0.25, 0.3) is 0 Å². The lowest BCUT2D eigenvalue weighted by Crippen LogP contribution is -2.40. The monoisotopic (exact) mass is 479 g/mol. The van der Waals surface area contributed by atoms with Gasteiger partial charge in [0.05, 0.1) is 13.7 Å². The van der Waals surface area contributed by atoms with E-state index in [0.717, 1.165) is 56.4 Å². The number of benzene rings is 1. The number of aliphatic imine (C=N–C) groups is 1.